The summed E-state index contributed by atoms with van der Waals surface area (Å²) in [5, 5.41) is 0.759. The summed E-state index contributed by atoms with van der Waals surface area (Å²) in [7, 11) is 0. The van der Waals surface area contributed by atoms with Gasteiger partial charge in [-0.2, -0.15) is 0 Å². The molecule has 5 nitrogen and oxygen atoms in total. The van der Waals surface area contributed by atoms with Gasteiger partial charge in [0.05, 0.1) is 23.4 Å². The monoisotopic (exact) mass is 313 g/mol. The van der Waals surface area contributed by atoms with Crippen LogP contribution in [0.1, 0.15) is 6.92 Å². The maximum atomic E-state index is 11.5. The number of hydrogen-bond acceptors (Lipinski definition) is 5. The quantitative estimate of drug-likeness (QED) is 0.578. The molecule has 112 valence electrons. The lowest BCUT2D eigenvalue weighted by atomic mass is 10.3. The van der Waals surface area contributed by atoms with Crippen molar-refractivity contribution in [1.82, 2.24) is 15.0 Å². The Morgan fingerprint density at radius 3 is 2.95 bits per heavy atom. The minimum absolute atomic E-state index is 0.234. The van der Waals surface area contributed by atoms with Crippen LogP contribution in [0.5, 0.6) is 0 Å². The Bertz CT molecular complexity index is 768. The number of nitrogens with zero attached hydrogens (tertiary/aromatic N) is 2. The number of H-pyrrole nitrogens is 1. The summed E-state index contributed by atoms with van der Waals surface area (Å²) in [5.41, 5.74) is 2.76. The average Bonchev–Trinajstić information content (AvgIpc) is 2.97. The van der Waals surface area contributed by atoms with E-state index in [0.29, 0.717) is 6.61 Å². The van der Waals surface area contributed by atoms with Crippen molar-refractivity contribution in [3.05, 3.63) is 42.6 Å². The van der Waals surface area contributed by atoms with E-state index in [1.807, 2.05) is 36.4 Å². The van der Waals surface area contributed by atoms with Crippen LogP contribution in [-0.2, 0) is 9.53 Å². The summed E-state index contributed by atoms with van der Waals surface area (Å²) in [4.78, 5) is 23.7. The lowest BCUT2D eigenvalue weighted by Gasteiger charge is -2.05. The Morgan fingerprint density at radius 2 is 2.14 bits per heavy atom. The molecule has 6 heteroatoms. The van der Waals surface area contributed by atoms with Crippen molar-refractivity contribution in [1.29, 1.82) is 0 Å². The maximum Gasteiger partial charge on any atom is 0.316 e. The van der Waals surface area contributed by atoms with E-state index in [4.69, 9.17) is 4.74 Å². The second-order valence-electron chi connectivity index (χ2n) is 4.55. The van der Waals surface area contributed by atoms with Gasteiger partial charge in [0.15, 0.2) is 0 Å². The number of imidazole rings is 1. The highest BCUT2D eigenvalue weighted by molar-refractivity contribution is 8.00. The van der Waals surface area contributed by atoms with E-state index in [9.17, 15) is 4.79 Å². The topological polar surface area (TPSA) is 67.9 Å². The first kappa shape index (κ1) is 14.6. The number of pyridine rings is 1. The first-order chi connectivity index (χ1) is 10.8. The third kappa shape index (κ3) is 3.12. The molecule has 0 atom stereocenters. The number of aromatic amines is 1. The van der Waals surface area contributed by atoms with Gasteiger partial charge in [-0.25, -0.2) is 9.97 Å². The average molecular weight is 313 g/mol. The van der Waals surface area contributed by atoms with Crippen LogP contribution >= 0.6 is 11.8 Å². The van der Waals surface area contributed by atoms with Crippen LogP contribution in [0.3, 0.4) is 0 Å². The first-order valence-electron chi connectivity index (χ1n) is 6.96. The molecule has 2 heterocycles. The number of thioether (sulfide) groups is 1. The van der Waals surface area contributed by atoms with Crippen molar-refractivity contribution >= 4 is 28.8 Å². The Balaban J connectivity index is 1.88. The summed E-state index contributed by atoms with van der Waals surface area (Å²) >= 11 is 1.35. The summed E-state index contributed by atoms with van der Waals surface area (Å²) in [5.74, 6) is 0.743. The molecule has 0 aliphatic carbocycles. The second-order valence-corrected chi connectivity index (χ2v) is 5.52. The predicted molar refractivity (Wildman–Crippen MR) is 86.7 cm³/mol. The van der Waals surface area contributed by atoms with E-state index >= 15 is 0 Å². The number of fused-ring (bicyclic) bond motifs is 1. The standard InChI is InChI=1S/C16H15N3O2S/c1-2-21-14(20)10-22-16-11(6-5-9-17-16)15-18-12-7-3-4-8-13(12)19-15/h3-9H,2,10H2,1H3,(H,18,19). The SMILES string of the molecule is CCOC(=O)CSc1ncccc1-c1nc2ccccc2[nH]1. The van der Waals surface area contributed by atoms with E-state index in [1.165, 1.54) is 11.8 Å². The van der Waals surface area contributed by atoms with Crippen molar-refractivity contribution < 1.29 is 9.53 Å². The summed E-state index contributed by atoms with van der Waals surface area (Å²) in [6.45, 7) is 2.18. The van der Waals surface area contributed by atoms with Gasteiger partial charge in [-0.15, -0.1) is 0 Å². The first-order valence-corrected chi connectivity index (χ1v) is 7.95. The molecule has 1 aromatic carbocycles. The molecule has 0 amide bonds. The number of carbonyl (C=O) groups is 1. The molecule has 0 aliphatic heterocycles. The van der Waals surface area contributed by atoms with E-state index in [2.05, 4.69) is 15.0 Å². The van der Waals surface area contributed by atoms with Gasteiger partial charge in [0.2, 0.25) is 0 Å². The molecule has 0 saturated carbocycles. The van der Waals surface area contributed by atoms with Gasteiger partial charge in [-0.3, -0.25) is 4.79 Å². The lowest BCUT2D eigenvalue weighted by molar-refractivity contribution is -0.139. The maximum absolute atomic E-state index is 11.5. The molecule has 0 unspecified atom stereocenters. The molecular weight excluding hydrogens is 298 g/mol. The van der Waals surface area contributed by atoms with Crippen molar-refractivity contribution in [2.45, 2.75) is 11.9 Å². The molecule has 0 aliphatic rings. The smallest absolute Gasteiger partial charge is 0.316 e. The molecule has 2 aromatic heterocycles. The van der Waals surface area contributed by atoms with Gasteiger partial charge in [0, 0.05) is 11.8 Å². The van der Waals surface area contributed by atoms with Gasteiger partial charge >= 0.3 is 5.97 Å². The van der Waals surface area contributed by atoms with Gasteiger partial charge in [-0.1, -0.05) is 23.9 Å². The number of hydrogen-bond donors (Lipinski definition) is 1. The molecule has 1 N–H and O–H groups in total. The summed E-state index contributed by atoms with van der Waals surface area (Å²) < 4.78 is 4.95. The van der Waals surface area contributed by atoms with Crippen LogP contribution in [0.4, 0.5) is 0 Å². The van der Waals surface area contributed by atoms with Gasteiger partial charge < -0.3 is 9.72 Å². The molecule has 0 bridgehead atoms. The minimum Gasteiger partial charge on any atom is -0.465 e. The number of nitrogens with one attached hydrogen (secondary N) is 1. The highest BCUT2D eigenvalue weighted by Crippen LogP contribution is 2.29. The van der Waals surface area contributed by atoms with E-state index in [-0.39, 0.29) is 11.7 Å². The van der Waals surface area contributed by atoms with Crippen molar-refractivity contribution in [3.63, 3.8) is 0 Å². The Morgan fingerprint density at radius 1 is 1.27 bits per heavy atom. The second kappa shape index (κ2) is 6.62. The number of aromatic nitrogens is 3. The third-order valence-electron chi connectivity index (χ3n) is 3.05. The Hall–Kier alpha value is -2.34. The van der Waals surface area contributed by atoms with Crippen LogP contribution in [-0.4, -0.2) is 33.3 Å². The molecule has 3 rings (SSSR count). The fraction of sp³-hybridized carbons (Fsp3) is 0.188. The largest absolute Gasteiger partial charge is 0.465 e. The zero-order chi connectivity index (χ0) is 15.4. The zero-order valence-electron chi connectivity index (χ0n) is 12.1. The molecule has 22 heavy (non-hydrogen) atoms. The Labute approximate surface area is 132 Å². The molecular formula is C16H15N3O2S. The van der Waals surface area contributed by atoms with Crippen molar-refractivity contribution in [3.8, 4) is 11.4 Å². The van der Waals surface area contributed by atoms with E-state index in [0.717, 1.165) is 27.4 Å². The lowest BCUT2D eigenvalue weighted by Crippen LogP contribution is -2.06. The van der Waals surface area contributed by atoms with Crippen LogP contribution in [0.15, 0.2) is 47.6 Å². The third-order valence-corrected chi connectivity index (χ3v) is 4.03. The molecule has 0 fully saturated rings. The number of ether oxygens (including phenoxy) is 1. The molecule has 0 spiro atoms. The van der Waals surface area contributed by atoms with Crippen LogP contribution in [0, 0.1) is 0 Å². The van der Waals surface area contributed by atoms with Gasteiger partial charge in [0.1, 0.15) is 10.9 Å². The number of carbonyl (C=O) groups excluding carboxylic acids is 1. The normalized spacial score (nSPS) is 10.8. The van der Waals surface area contributed by atoms with Crippen LogP contribution < -0.4 is 0 Å². The summed E-state index contributed by atoms with van der Waals surface area (Å²) in [6.07, 6.45) is 1.71. The molecule has 0 saturated heterocycles. The minimum atomic E-state index is -0.242. The van der Waals surface area contributed by atoms with Crippen molar-refractivity contribution in [2.75, 3.05) is 12.4 Å². The van der Waals surface area contributed by atoms with Gasteiger partial charge in [0.25, 0.3) is 0 Å². The Kier molecular flexibility index (Phi) is 4.39. The number of para-hydroxylation sites is 2. The highest BCUT2D eigenvalue weighted by Gasteiger charge is 2.13. The van der Waals surface area contributed by atoms with Gasteiger partial charge in [-0.05, 0) is 31.2 Å². The number of benzene rings is 1. The zero-order valence-corrected chi connectivity index (χ0v) is 12.9. The molecule has 0 radical (unpaired) electrons. The molecule has 3 aromatic rings. The highest BCUT2D eigenvalue weighted by atomic mass is 32.2. The number of rotatable bonds is 5. The fourth-order valence-corrected chi connectivity index (χ4v) is 2.89. The predicted octanol–water partition coefficient (Wildman–Crippen LogP) is 3.28. The fourth-order valence-electron chi connectivity index (χ4n) is 2.10. The summed E-state index contributed by atoms with van der Waals surface area (Å²) in [6, 6.07) is 11.6. The van der Waals surface area contributed by atoms with Crippen molar-refractivity contribution in [2.24, 2.45) is 0 Å². The van der Waals surface area contributed by atoms with Crippen LogP contribution in [0.2, 0.25) is 0 Å². The van der Waals surface area contributed by atoms with Crippen LogP contribution in [0.25, 0.3) is 22.4 Å². The number of esters is 1. The van der Waals surface area contributed by atoms with E-state index in [1.54, 1.807) is 13.1 Å². The van der Waals surface area contributed by atoms with E-state index < -0.39 is 0 Å².